The molecule has 0 saturated carbocycles. The summed E-state index contributed by atoms with van der Waals surface area (Å²) in [6, 6.07) is 4.68. The normalized spacial score (nSPS) is 15.9. The van der Waals surface area contributed by atoms with Crippen molar-refractivity contribution in [3.63, 3.8) is 0 Å². The van der Waals surface area contributed by atoms with E-state index in [2.05, 4.69) is 17.5 Å². The van der Waals surface area contributed by atoms with Crippen molar-refractivity contribution in [1.29, 1.82) is 0 Å². The number of aliphatic carboxylic acids is 1. The van der Waals surface area contributed by atoms with Crippen LogP contribution in [0.4, 0.5) is 0 Å². The lowest BCUT2D eigenvalue weighted by Crippen LogP contribution is -2.45. The molecule has 1 aromatic carbocycles. The average molecular weight is 287 g/mol. The Hall–Kier alpha value is -2.10. The molecule has 0 aromatic heterocycles. The Morgan fingerprint density at radius 3 is 2.81 bits per heavy atom. The van der Waals surface area contributed by atoms with Crippen LogP contribution in [0.15, 0.2) is 24.3 Å². The van der Waals surface area contributed by atoms with Gasteiger partial charge in [0, 0.05) is 5.56 Å². The number of rotatable bonds is 5. The Balaban J connectivity index is 2.16. The van der Waals surface area contributed by atoms with Gasteiger partial charge in [-0.3, -0.25) is 4.79 Å². The van der Waals surface area contributed by atoms with E-state index in [1.807, 2.05) is 26.0 Å². The van der Waals surface area contributed by atoms with E-state index in [0.717, 1.165) is 24.0 Å². The highest BCUT2D eigenvalue weighted by molar-refractivity contribution is 5.97. The van der Waals surface area contributed by atoms with Gasteiger partial charge in [-0.05, 0) is 42.0 Å². The van der Waals surface area contributed by atoms with Crippen LogP contribution in [-0.2, 0) is 11.2 Å². The third-order valence-corrected chi connectivity index (χ3v) is 4.05. The smallest absolute Gasteiger partial charge is 0.326 e. The van der Waals surface area contributed by atoms with Crippen molar-refractivity contribution >= 4 is 18.0 Å². The second-order valence-electron chi connectivity index (χ2n) is 5.53. The minimum atomic E-state index is -0.987. The molecule has 2 unspecified atom stereocenters. The van der Waals surface area contributed by atoms with Gasteiger partial charge in [0.1, 0.15) is 6.04 Å². The van der Waals surface area contributed by atoms with E-state index in [9.17, 15) is 14.7 Å². The molecular formula is C17H21NO3. The van der Waals surface area contributed by atoms with Crippen LogP contribution in [0.3, 0.4) is 0 Å². The Bertz CT molecular complexity index is 577. The SMILES string of the molecule is CCC(C)C(NC(=O)c1ccc2c(c1)CCC=C2)C(=O)O. The molecule has 2 atom stereocenters. The van der Waals surface area contributed by atoms with Crippen LogP contribution in [0, 0.1) is 5.92 Å². The summed E-state index contributed by atoms with van der Waals surface area (Å²) < 4.78 is 0. The van der Waals surface area contributed by atoms with Gasteiger partial charge in [0.25, 0.3) is 5.91 Å². The van der Waals surface area contributed by atoms with Gasteiger partial charge >= 0.3 is 5.97 Å². The summed E-state index contributed by atoms with van der Waals surface area (Å²) in [4.78, 5) is 23.5. The number of carbonyl (C=O) groups excluding carboxylic acids is 1. The molecule has 0 bridgehead atoms. The Morgan fingerprint density at radius 2 is 2.14 bits per heavy atom. The molecule has 112 valence electrons. The zero-order valence-electron chi connectivity index (χ0n) is 12.4. The number of amides is 1. The number of carboxylic acids is 1. The van der Waals surface area contributed by atoms with Crippen molar-refractivity contribution in [1.82, 2.24) is 5.32 Å². The largest absolute Gasteiger partial charge is 0.480 e. The van der Waals surface area contributed by atoms with Crippen LogP contribution >= 0.6 is 0 Å². The fraction of sp³-hybridized carbons (Fsp3) is 0.412. The van der Waals surface area contributed by atoms with Gasteiger partial charge in [0.15, 0.2) is 0 Å². The quantitative estimate of drug-likeness (QED) is 0.875. The molecule has 0 radical (unpaired) electrons. The second kappa shape index (κ2) is 6.57. The molecule has 0 fully saturated rings. The zero-order valence-corrected chi connectivity index (χ0v) is 12.4. The number of allylic oxidation sites excluding steroid dienone is 1. The van der Waals surface area contributed by atoms with Crippen molar-refractivity contribution in [2.24, 2.45) is 5.92 Å². The molecule has 1 aliphatic carbocycles. The van der Waals surface area contributed by atoms with Crippen molar-refractivity contribution < 1.29 is 14.7 Å². The maximum absolute atomic E-state index is 12.3. The first kappa shape index (κ1) is 15.3. The fourth-order valence-corrected chi connectivity index (χ4v) is 2.48. The van der Waals surface area contributed by atoms with Crippen molar-refractivity contribution in [3.05, 3.63) is 41.0 Å². The number of fused-ring (bicyclic) bond motifs is 1. The zero-order chi connectivity index (χ0) is 15.4. The molecule has 2 N–H and O–H groups in total. The van der Waals surface area contributed by atoms with Gasteiger partial charge in [0.2, 0.25) is 0 Å². The number of aryl methyl sites for hydroxylation is 1. The summed E-state index contributed by atoms with van der Waals surface area (Å²) >= 11 is 0. The Kier molecular flexibility index (Phi) is 4.78. The predicted octanol–water partition coefficient (Wildman–Crippen LogP) is 2.88. The van der Waals surface area contributed by atoms with Crippen molar-refractivity contribution in [2.75, 3.05) is 0 Å². The molecular weight excluding hydrogens is 266 g/mol. The van der Waals surface area contributed by atoms with Crippen molar-refractivity contribution in [3.8, 4) is 0 Å². The van der Waals surface area contributed by atoms with Gasteiger partial charge in [-0.2, -0.15) is 0 Å². The van der Waals surface area contributed by atoms with Crippen molar-refractivity contribution in [2.45, 2.75) is 39.2 Å². The number of carbonyl (C=O) groups is 2. The van der Waals surface area contributed by atoms with Crippen LogP contribution in [0.25, 0.3) is 6.08 Å². The fourth-order valence-electron chi connectivity index (χ4n) is 2.48. The van der Waals surface area contributed by atoms with E-state index in [4.69, 9.17) is 0 Å². The molecule has 1 aromatic rings. The third-order valence-electron chi connectivity index (χ3n) is 4.05. The number of carboxylic acid groups (broad SMARTS) is 1. The van der Waals surface area contributed by atoms with Gasteiger partial charge in [-0.1, -0.05) is 38.5 Å². The molecule has 1 amide bonds. The van der Waals surface area contributed by atoms with Crippen LogP contribution in [-0.4, -0.2) is 23.0 Å². The minimum Gasteiger partial charge on any atom is -0.480 e. The molecule has 0 saturated heterocycles. The standard InChI is InChI=1S/C17H21NO3/c1-3-11(2)15(17(20)21)18-16(19)14-9-8-12-6-4-5-7-13(12)10-14/h4,6,8-11,15H,3,5,7H2,1-2H3,(H,18,19)(H,20,21). The summed E-state index contributed by atoms with van der Waals surface area (Å²) in [5.74, 6) is -1.41. The Morgan fingerprint density at radius 1 is 1.38 bits per heavy atom. The van der Waals surface area contributed by atoms with Gasteiger partial charge in [0.05, 0.1) is 0 Å². The van der Waals surface area contributed by atoms with Crippen LogP contribution in [0.5, 0.6) is 0 Å². The van der Waals surface area contributed by atoms with Crippen LogP contribution in [0.1, 0.15) is 48.2 Å². The maximum Gasteiger partial charge on any atom is 0.326 e. The van der Waals surface area contributed by atoms with E-state index in [-0.39, 0.29) is 11.8 Å². The number of nitrogens with one attached hydrogen (secondary N) is 1. The van der Waals surface area contributed by atoms with E-state index in [1.54, 1.807) is 6.07 Å². The molecule has 2 rings (SSSR count). The molecule has 0 spiro atoms. The first-order valence-corrected chi connectivity index (χ1v) is 7.36. The van der Waals surface area contributed by atoms with Crippen LogP contribution < -0.4 is 5.32 Å². The van der Waals surface area contributed by atoms with Gasteiger partial charge in [-0.15, -0.1) is 0 Å². The highest BCUT2D eigenvalue weighted by atomic mass is 16.4. The predicted molar refractivity (Wildman–Crippen MR) is 82.1 cm³/mol. The van der Waals surface area contributed by atoms with Crippen LogP contribution in [0.2, 0.25) is 0 Å². The molecule has 21 heavy (non-hydrogen) atoms. The molecule has 4 nitrogen and oxygen atoms in total. The van der Waals surface area contributed by atoms with Gasteiger partial charge in [-0.25, -0.2) is 4.79 Å². The minimum absolute atomic E-state index is 0.105. The average Bonchev–Trinajstić information content (AvgIpc) is 2.50. The lowest BCUT2D eigenvalue weighted by molar-refractivity contribution is -0.140. The third kappa shape index (κ3) is 3.51. The molecule has 4 heteroatoms. The first-order chi connectivity index (χ1) is 10.0. The van der Waals surface area contributed by atoms with E-state index >= 15 is 0 Å². The molecule has 0 aliphatic heterocycles. The summed E-state index contributed by atoms with van der Waals surface area (Å²) in [5.41, 5.74) is 2.80. The molecule has 1 aliphatic rings. The number of benzene rings is 1. The highest BCUT2D eigenvalue weighted by Gasteiger charge is 2.25. The lowest BCUT2D eigenvalue weighted by Gasteiger charge is -2.20. The summed E-state index contributed by atoms with van der Waals surface area (Å²) in [5, 5.41) is 11.9. The lowest BCUT2D eigenvalue weighted by atomic mass is 9.94. The summed E-state index contributed by atoms with van der Waals surface area (Å²) in [7, 11) is 0. The molecule has 0 heterocycles. The summed E-state index contributed by atoms with van der Waals surface area (Å²) in [6.07, 6.45) is 6.76. The second-order valence-corrected chi connectivity index (χ2v) is 5.53. The first-order valence-electron chi connectivity index (χ1n) is 7.36. The monoisotopic (exact) mass is 287 g/mol. The van der Waals surface area contributed by atoms with E-state index in [0.29, 0.717) is 12.0 Å². The number of hydrogen-bond donors (Lipinski definition) is 2. The van der Waals surface area contributed by atoms with E-state index < -0.39 is 12.0 Å². The topological polar surface area (TPSA) is 66.4 Å². The van der Waals surface area contributed by atoms with E-state index in [1.165, 1.54) is 0 Å². The summed E-state index contributed by atoms with van der Waals surface area (Å²) in [6.45, 7) is 3.74. The number of hydrogen-bond acceptors (Lipinski definition) is 2. The Labute approximate surface area is 124 Å². The van der Waals surface area contributed by atoms with Gasteiger partial charge < -0.3 is 10.4 Å². The highest BCUT2D eigenvalue weighted by Crippen LogP contribution is 2.20. The maximum atomic E-state index is 12.3.